The Balaban J connectivity index is 2.17. The van der Waals surface area contributed by atoms with E-state index in [1.165, 1.54) is 24.5 Å². The Hall–Kier alpha value is -1.05. The highest BCUT2D eigenvalue weighted by Gasteiger charge is 2.42. The molecule has 0 saturated carbocycles. The van der Waals surface area contributed by atoms with Crippen molar-refractivity contribution in [3.05, 3.63) is 23.3 Å². The summed E-state index contributed by atoms with van der Waals surface area (Å²) in [6.45, 7) is 12.8. The molecular formula is C18H28O2. The predicted molar refractivity (Wildman–Crippen MR) is 82.2 cm³/mol. The average Bonchev–Trinajstić information content (AvgIpc) is 2.58. The van der Waals surface area contributed by atoms with Gasteiger partial charge in [-0.1, -0.05) is 38.5 Å². The second-order valence-corrected chi connectivity index (χ2v) is 7.27. The maximum Gasteiger partial charge on any atom is 0.303 e. The van der Waals surface area contributed by atoms with Gasteiger partial charge in [-0.2, -0.15) is 0 Å². The van der Waals surface area contributed by atoms with E-state index in [-0.39, 0.29) is 17.5 Å². The third kappa shape index (κ3) is 2.70. The second-order valence-electron chi connectivity index (χ2n) is 7.27. The fraction of sp³-hybridized carbons (Fsp3) is 0.722. The Bertz CT molecular complexity index is 456. The van der Waals surface area contributed by atoms with Crippen LogP contribution in [0.1, 0.15) is 54.4 Å². The fourth-order valence-electron chi connectivity index (χ4n) is 4.03. The van der Waals surface area contributed by atoms with Crippen molar-refractivity contribution < 1.29 is 9.53 Å². The van der Waals surface area contributed by atoms with Gasteiger partial charge in [-0.25, -0.2) is 0 Å². The molecule has 0 aromatic rings. The van der Waals surface area contributed by atoms with Crippen molar-refractivity contribution in [2.75, 3.05) is 0 Å². The van der Waals surface area contributed by atoms with Crippen LogP contribution in [0, 0.1) is 23.2 Å². The van der Waals surface area contributed by atoms with Crippen molar-refractivity contribution in [1.82, 2.24) is 0 Å². The molecule has 0 fully saturated rings. The third-order valence-electron chi connectivity index (χ3n) is 5.52. The van der Waals surface area contributed by atoms with Gasteiger partial charge in [0, 0.05) is 6.92 Å². The summed E-state index contributed by atoms with van der Waals surface area (Å²) in [5.74, 6) is 1.51. The molecule has 2 rings (SSSR count). The fourth-order valence-corrected chi connectivity index (χ4v) is 4.03. The number of carbonyl (C=O) groups is 1. The standard InChI is InChI=1S/C18H28O2/c1-11-9-15(10-12(2)17(11)20-14(4)19)16-8-7-13(3)18(16,5)6/h7,9,12,15-17H,8,10H2,1-6H3. The highest BCUT2D eigenvalue weighted by molar-refractivity contribution is 5.66. The van der Waals surface area contributed by atoms with Gasteiger partial charge in [-0.05, 0) is 55.4 Å². The Labute approximate surface area is 123 Å². The van der Waals surface area contributed by atoms with Crippen LogP contribution in [0.25, 0.3) is 0 Å². The quantitative estimate of drug-likeness (QED) is 0.548. The van der Waals surface area contributed by atoms with E-state index in [1.807, 2.05) is 0 Å². The molecule has 0 aliphatic heterocycles. The number of allylic oxidation sites excluding steroid dienone is 3. The molecule has 2 nitrogen and oxygen atoms in total. The summed E-state index contributed by atoms with van der Waals surface area (Å²) in [6.07, 6.45) is 7.04. The first kappa shape index (κ1) is 15.3. The van der Waals surface area contributed by atoms with Gasteiger partial charge in [-0.15, -0.1) is 0 Å². The minimum Gasteiger partial charge on any atom is -0.458 e. The second kappa shape index (κ2) is 5.38. The Morgan fingerprint density at radius 2 is 2.00 bits per heavy atom. The van der Waals surface area contributed by atoms with E-state index in [9.17, 15) is 4.79 Å². The van der Waals surface area contributed by atoms with E-state index in [2.05, 4.69) is 46.8 Å². The van der Waals surface area contributed by atoms with Crippen LogP contribution >= 0.6 is 0 Å². The van der Waals surface area contributed by atoms with E-state index in [0.29, 0.717) is 17.8 Å². The molecule has 0 heterocycles. The minimum atomic E-state index is -0.174. The van der Waals surface area contributed by atoms with Crippen molar-refractivity contribution in [2.45, 2.75) is 60.5 Å². The first-order valence-corrected chi connectivity index (χ1v) is 7.76. The molecule has 0 amide bonds. The molecule has 20 heavy (non-hydrogen) atoms. The molecule has 4 unspecified atom stereocenters. The zero-order chi connectivity index (χ0) is 15.1. The van der Waals surface area contributed by atoms with Crippen LogP contribution in [0.2, 0.25) is 0 Å². The molecule has 2 aliphatic rings. The van der Waals surface area contributed by atoms with Crippen molar-refractivity contribution in [3.63, 3.8) is 0 Å². The molecule has 0 spiro atoms. The summed E-state index contributed by atoms with van der Waals surface area (Å²) in [4.78, 5) is 11.2. The average molecular weight is 276 g/mol. The number of hydrogen-bond donors (Lipinski definition) is 0. The highest BCUT2D eigenvalue weighted by Crippen LogP contribution is 2.50. The largest absolute Gasteiger partial charge is 0.458 e. The number of carbonyl (C=O) groups excluding carboxylic acids is 1. The highest BCUT2D eigenvalue weighted by atomic mass is 16.5. The molecule has 0 N–H and O–H groups in total. The zero-order valence-electron chi connectivity index (χ0n) is 13.7. The third-order valence-corrected chi connectivity index (χ3v) is 5.52. The van der Waals surface area contributed by atoms with E-state index in [4.69, 9.17) is 4.74 Å². The SMILES string of the molecule is CC(=O)OC1C(C)=CC(C2CC=C(C)C2(C)C)CC1C. The van der Waals surface area contributed by atoms with Crippen molar-refractivity contribution in [2.24, 2.45) is 23.2 Å². The maximum absolute atomic E-state index is 11.2. The lowest BCUT2D eigenvalue weighted by Gasteiger charge is -2.40. The monoisotopic (exact) mass is 276 g/mol. The van der Waals surface area contributed by atoms with Gasteiger partial charge in [-0.3, -0.25) is 4.79 Å². The number of hydrogen-bond acceptors (Lipinski definition) is 2. The van der Waals surface area contributed by atoms with Crippen LogP contribution in [0.3, 0.4) is 0 Å². The summed E-state index contributed by atoms with van der Waals surface area (Å²) in [5, 5.41) is 0. The lowest BCUT2D eigenvalue weighted by atomic mass is 9.66. The van der Waals surface area contributed by atoms with E-state index in [1.54, 1.807) is 0 Å². The Morgan fingerprint density at radius 1 is 1.35 bits per heavy atom. The smallest absolute Gasteiger partial charge is 0.303 e. The summed E-state index contributed by atoms with van der Waals surface area (Å²) in [7, 11) is 0. The molecule has 2 aliphatic carbocycles. The summed E-state index contributed by atoms with van der Waals surface area (Å²) >= 11 is 0. The van der Waals surface area contributed by atoms with Crippen LogP contribution in [-0.2, 0) is 9.53 Å². The lowest BCUT2D eigenvalue weighted by Crippen LogP contribution is -2.36. The van der Waals surface area contributed by atoms with Crippen LogP contribution in [0.15, 0.2) is 23.3 Å². The summed E-state index contributed by atoms with van der Waals surface area (Å²) in [5.41, 5.74) is 3.03. The molecule has 112 valence electrons. The normalized spacial score (nSPS) is 36.3. The van der Waals surface area contributed by atoms with Crippen molar-refractivity contribution in [3.8, 4) is 0 Å². The molecule has 0 radical (unpaired) electrons. The Morgan fingerprint density at radius 3 is 2.45 bits per heavy atom. The van der Waals surface area contributed by atoms with Crippen LogP contribution in [0.4, 0.5) is 0 Å². The van der Waals surface area contributed by atoms with Crippen molar-refractivity contribution >= 4 is 5.97 Å². The van der Waals surface area contributed by atoms with E-state index in [0.717, 1.165) is 6.42 Å². The summed E-state index contributed by atoms with van der Waals surface area (Å²) < 4.78 is 5.48. The van der Waals surface area contributed by atoms with Crippen LogP contribution < -0.4 is 0 Å². The van der Waals surface area contributed by atoms with Gasteiger partial charge in [0.05, 0.1) is 0 Å². The molecule has 0 aromatic carbocycles. The summed E-state index contributed by atoms with van der Waals surface area (Å²) in [6, 6.07) is 0. The van der Waals surface area contributed by atoms with Gasteiger partial charge >= 0.3 is 5.97 Å². The zero-order valence-corrected chi connectivity index (χ0v) is 13.7. The topological polar surface area (TPSA) is 26.3 Å². The molecule has 0 bridgehead atoms. The number of esters is 1. The van der Waals surface area contributed by atoms with Crippen LogP contribution in [-0.4, -0.2) is 12.1 Å². The molecule has 4 atom stereocenters. The van der Waals surface area contributed by atoms with Gasteiger partial charge in [0.25, 0.3) is 0 Å². The van der Waals surface area contributed by atoms with E-state index < -0.39 is 0 Å². The minimum absolute atomic E-state index is 0.0256. The van der Waals surface area contributed by atoms with E-state index >= 15 is 0 Å². The van der Waals surface area contributed by atoms with Gasteiger partial charge < -0.3 is 4.74 Å². The van der Waals surface area contributed by atoms with Gasteiger partial charge in [0.1, 0.15) is 6.10 Å². The van der Waals surface area contributed by atoms with Gasteiger partial charge in [0.2, 0.25) is 0 Å². The van der Waals surface area contributed by atoms with Crippen molar-refractivity contribution in [1.29, 1.82) is 0 Å². The Kier molecular flexibility index (Phi) is 4.13. The molecular weight excluding hydrogens is 248 g/mol. The molecule has 0 saturated heterocycles. The maximum atomic E-state index is 11.2. The van der Waals surface area contributed by atoms with Gasteiger partial charge in [0.15, 0.2) is 0 Å². The molecule has 0 aromatic heterocycles. The predicted octanol–water partition coefficient (Wildman–Crippen LogP) is 4.51. The lowest BCUT2D eigenvalue weighted by molar-refractivity contribution is -0.147. The first-order valence-electron chi connectivity index (χ1n) is 7.76. The first-order chi connectivity index (χ1) is 9.23. The molecule has 2 heteroatoms. The van der Waals surface area contributed by atoms with Crippen LogP contribution in [0.5, 0.6) is 0 Å². The number of rotatable bonds is 2. The number of ether oxygens (including phenoxy) is 1.